The van der Waals surface area contributed by atoms with Crippen molar-refractivity contribution in [2.45, 2.75) is 38.7 Å². The number of rotatable bonds is 3. The maximum atomic E-state index is 14.3. The lowest BCUT2D eigenvalue weighted by Gasteiger charge is -2.16. The first-order chi connectivity index (χ1) is 12.9. The van der Waals surface area contributed by atoms with Gasteiger partial charge in [-0.2, -0.15) is 0 Å². The first-order valence-electron chi connectivity index (χ1n) is 8.77. The molecule has 3 aromatic rings. The van der Waals surface area contributed by atoms with Crippen LogP contribution in [-0.4, -0.2) is 43.1 Å². The summed E-state index contributed by atoms with van der Waals surface area (Å²) < 4.78 is 23.3. The van der Waals surface area contributed by atoms with Crippen molar-refractivity contribution in [3.8, 4) is 5.69 Å². The van der Waals surface area contributed by atoms with E-state index in [9.17, 15) is 14.6 Å². The second-order valence-electron chi connectivity index (χ2n) is 6.83. The summed E-state index contributed by atoms with van der Waals surface area (Å²) in [5, 5.41) is 28.6. The van der Waals surface area contributed by atoms with Crippen molar-refractivity contribution in [3.63, 3.8) is 0 Å². The van der Waals surface area contributed by atoms with E-state index >= 15 is 0 Å². The van der Waals surface area contributed by atoms with Gasteiger partial charge in [0.25, 0.3) is 0 Å². The van der Waals surface area contributed by atoms with Gasteiger partial charge in [0.05, 0.1) is 23.8 Å². The number of aryl methyl sites for hydroxylation is 2. The predicted octanol–water partition coefficient (Wildman–Crippen LogP) is 1.70. The van der Waals surface area contributed by atoms with E-state index < -0.39 is 24.3 Å². The fourth-order valence-corrected chi connectivity index (χ4v) is 3.72. The van der Waals surface area contributed by atoms with Gasteiger partial charge in [-0.3, -0.25) is 9.98 Å². The molecule has 0 bridgehead atoms. The standard InChI is InChI=1S/C19H21FN4O3/c1-10-8-23(16-7-14(26)15(9-25)27-16)19-17(10)18(21)24(11(2)22-19)13-6-4-3-5-12(13)20/h3-6,8,14-16,21,25-26H,7,9H2,1-2H3/t14-,15+,16+/m0/s1. The zero-order chi connectivity index (χ0) is 19.3. The van der Waals surface area contributed by atoms with E-state index in [4.69, 9.17) is 10.1 Å². The number of halogens is 1. The zero-order valence-electron chi connectivity index (χ0n) is 15.1. The Morgan fingerprint density at radius 3 is 2.74 bits per heavy atom. The maximum Gasteiger partial charge on any atom is 0.148 e. The van der Waals surface area contributed by atoms with Gasteiger partial charge in [-0.15, -0.1) is 0 Å². The predicted molar refractivity (Wildman–Crippen MR) is 96.0 cm³/mol. The van der Waals surface area contributed by atoms with Crippen molar-refractivity contribution in [1.82, 2.24) is 14.1 Å². The van der Waals surface area contributed by atoms with Crippen molar-refractivity contribution in [2.75, 3.05) is 6.61 Å². The highest BCUT2D eigenvalue weighted by atomic mass is 19.1. The quantitative estimate of drug-likeness (QED) is 0.652. The van der Waals surface area contributed by atoms with Gasteiger partial charge in [-0.05, 0) is 31.5 Å². The first kappa shape index (κ1) is 17.8. The van der Waals surface area contributed by atoms with Gasteiger partial charge in [-0.25, -0.2) is 9.37 Å². The van der Waals surface area contributed by atoms with Gasteiger partial charge in [-0.1, -0.05) is 12.1 Å². The summed E-state index contributed by atoms with van der Waals surface area (Å²) in [6.45, 7) is 3.31. The molecule has 0 amide bonds. The van der Waals surface area contributed by atoms with Crippen LogP contribution >= 0.6 is 0 Å². The molecular weight excluding hydrogens is 351 g/mol. The molecule has 0 radical (unpaired) electrons. The molecule has 0 saturated carbocycles. The Balaban J connectivity index is 1.90. The number of nitrogens with zero attached hydrogens (tertiary/aromatic N) is 3. The van der Waals surface area contributed by atoms with Gasteiger partial charge < -0.3 is 19.5 Å². The first-order valence-corrected chi connectivity index (χ1v) is 8.77. The third-order valence-electron chi connectivity index (χ3n) is 5.03. The second kappa shape index (κ2) is 6.56. The highest BCUT2D eigenvalue weighted by Gasteiger charge is 2.35. The highest BCUT2D eigenvalue weighted by molar-refractivity contribution is 5.79. The third-order valence-corrected chi connectivity index (χ3v) is 5.03. The van der Waals surface area contributed by atoms with Crippen LogP contribution in [-0.2, 0) is 4.74 Å². The Kier molecular flexibility index (Phi) is 4.33. The number of nitrogens with one attached hydrogen (secondary N) is 1. The van der Waals surface area contributed by atoms with E-state index in [0.717, 1.165) is 5.56 Å². The number of hydrogen-bond donors (Lipinski definition) is 3. The molecule has 142 valence electrons. The van der Waals surface area contributed by atoms with Crippen LogP contribution < -0.4 is 5.49 Å². The molecule has 27 heavy (non-hydrogen) atoms. The van der Waals surface area contributed by atoms with Crippen LogP contribution in [0.15, 0.2) is 30.5 Å². The Labute approximate surface area is 154 Å². The van der Waals surface area contributed by atoms with Crippen LogP contribution in [0.4, 0.5) is 4.39 Å². The number of benzene rings is 1. The molecule has 4 rings (SSSR count). The lowest BCUT2D eigenvalue weighted by Crippen LogP contribution is -2.24. The lowest BCUT2D eigenvalue weighted by atomic mass is 10.2. The van der Waals surface area contributed by atoms with Gasteiger partial charge >= 0.3 is 0 Å². The number of aliphatic hydroxyl groups excluding tert-OH is 2. The maximum absolute atomic E-state index is 14.3. The van der Waals surface area contributed by atoms with Crippen LogP contribution in [0.1, 0.15) is 24.0 Å². The Morgan fingerprint density at radius 1 is 1.33 bits per heavy atom. The minimum atomic E-state index is -0.763. The monoisotopic (exact) mass is 372 g/mol. The van der Waals surface area contributed by atoms with Crippen molar-refractivity contribution < 1.29 is 19.3 Å². The molecule has 7 nitrogen and oxygen atoms in total. The van der Waals surface area contributed by atoms with E-state index in [0.29, 0.717) is 23.3 Å². The third kappa shape index (κ3) is 2.77. The van der Waals surface area contributed by atoms with Gasteiger partial charge in [0.1, 0.15) is 35.1 Å². The molecule has 0 unspecified atom stereocenters. The summed E-state index contributed by atoms with van der Waals surface area (Å²) >= 11 is 0. The molecule has 1 aromatic carbocycles. The molecule has 0 spiro atoms. The average molecular weight is 372 g/mol. The van der Waals surface area contributed by atoms with Gasteiger partial charge in [0, 0.05) is 12.6 Å². The zero-order valence-corrected chi connectivity index (χ0v) is 15.1. The van der Waals surface area contributed by atoms with Gasteiger partial charge in [0.15, 0.2) is 0 Å². The van der Waals surface area contributed by atoms with Crippen LogP contribution in [0.5, 0.6) is 0 Å². The smallest absolute Gasteiger partial charge is 0.148 e. The number of para-hydroxylation sites is 1. The summed E-state index contributed by atoms with van der Waals surface area (Å²) in [6.07, 6.45) is 0.254. The van der Waals surface area contributed by atoms with Crippen LogP contribution in [0.3, 0.4) is 0 Å². The average Bonchev–Trinajstić information content (AvgIpc) is 3.16. The number of ether oxygens (including phenoxy) is 1. The number of fused-ring (bicyclic) bond motifs is 1. The largest absolute Gasteiger partial charge is 0.394 e. The van der Waals surface area contributed by atoms with Crippen LogP contribution in [0, 0.1) is 25.1 Å². The SMILES string of the molecule is Cc1cn([C@H]2C[C@H](O)[C@@H](CO)O2)c2nc(C)n(-c3ccccc3F)c(=N)c12. The minimum Gasteiger partial charge on any atom is -0.394 e. The summed E-state index contributed by atoms with van der Waals surface area (Å²) in [7, 11) is 0. The van der Waals surface area contributed by atoms with Gasteiger partial charge in [0.2, 0.25) is 0 Å². The highest BCUT2D eigenvalue weighted by Crippen LogP contribution is 2.32. The lowest BCUT2D eigenvalue weighted by molar-refractivity contribution is -0.0430. The second-order valence-corrected chi connectivity index (χ2v) is 6.83. The fraction of sp³-hybridized carbons (Fsp3) is 0.368. The molecule has 2 aromatic heterocycles. The molecule has 0 aliphatic carbocycles. The van der Waals surface area contributed by atoms with Crippen molar-refractivity contribution in [3.05, 3.63) is 53.2 Å². The summed E-state index contributed by atoms with van der Waals surface area (Å²) in [4.78, 5) is 4.61. The normalized spacial score (nSPS) is 22.6. The Bertz CT molecular complexity index is 1070. The molecule has 1 aliphatic heterocycles. The van der Waals surface area contributed by atoms with Crippen LogP contribution in [0.2, 0.25) is 0 Å². The molecule has 1 saturated heterocycles. The topological polar surface area (TPSA) is 96.3 Å². The van der Waals surface area contributed by atoms with E-state index in [1.54, 1.807) is 29.7 Å². The minimum absolute atomic E-state index is 0.135. The Morgan fingerprint density at radius 2 is 2.07 bits per heavy atom. The Hall–Kier alpha value is -2.55. The number of hydrogen-bond acceptors (Lipinski definition) is 5. The van der Waals surface area contributed by atoms with Crippen molar-refractivity contribution in [1.29, 1.82) is 5.41 Å². The molecule has 8 heteroatoms. The molecule has 1 fully saturated rings. The molecule has 3 N–H and O–H groups in total. The fourth-order valence-electron chi connectivity index (χ4n) is 3.72. The van der Waals surface area contributed by atoms with Crippen LogP contribution in [0.25, 0.3) is 16.7 Å². The van der Waals surface area contributed by atoms with E-state index in [2.05, 4.69) is 4.98 Å². The van der Waals surface area contributed by atoms with Crippen molar-refractivity contribution >= 4 is 11.0 Å². The molecular formula is C19H21FN4O3. The van der Waals surface area contributed by atoms with E-state index in [1.807, 2.05) is 13.1 Å². The van der Waals surface area contributed by atoms with Crippen molar-refractivity contribution in [2.24, 2.45) is 0 Å². The summed E-state index contributed by atoms with van der Waals surface area (Å²) in [6, 6.07) is 6.29. The molecule has 3 heterocycles. The molecule has 3 atom stereocenters. The summed E-state index contributed by atoms with van der Waals surface area (Å²) in [5.74, 6) is 0.0413. The number of aromatic nitrogens is 3. The van der Waals surface area contributed by atoms with E-state index in [1.165, 1.54) is 10.6 Å². The summed E-state index contributed by atoms with van der Waals surface area (Å²) in [5.41, 5.74) is 1.75. The van der Waals surface area contributed by atoms with E-state index in [-0.39, 0.29) is 17.8 Å². The molecule has 1 aliphatic rings. The number of aliphatic hydroxyl groups is 2.